The lowest BCUT2D eigenvalue weighted by molar-refractivity contribution is 0.0959. The quantitative estimate of drug-likeness (QED) is 0.565. The van der Waals surface area contributed by atoms with Crippen LogP contribution < -0.4 is 5.43 Å². The first kappa shape index (κ1) is 13.5. The molecule has 3 rings (SSSR count). The number of benzene rings is 1. The molecule has 2 heterocycles. The topological polar surface area (TPSA) is 57.2 Å². The molecule has 0 atom stereocenters. The third-order valence-electron chi connectivity index (χ3n) is 3.10. The van der Waals surface area contributed by atoms with E-state index in [-0.39, 0.29) is 0 Å². The van der Waals surface area contributed by atoms with Gasteiger partial charge in [-0.2, -0.15) is 9.49 Å². The van der Waals surface area contributed by atoms with Crippen molar-refractivity contribution in [2.24, 2.45) is 5.10 Å². The third-order valence-corrected chi connectivity index (χ3v) is 3.97. The maximum absolute atomic E-state index is 12.9. The van der Waals surface area contributed by atoms with Crippen LogP contribution in [0.5, 0.6) is 0 Å². The Hall–Kier alpha value is -2.47. The number of fused-ring (bicyclic) bond motifs is 1. The van der Waals surface area contributed by atoms with Crippen molar-refractivity contribution in [2.75, 3.05) is 0 Å². The summed E-state index contributed by atoms with van der Waals surface area (Å²) in [5.74, 6) is -0.419. The second-order valence-electron chi connectivity index (χ2n) is 4.51. The number of nitrogens with zero attached hydrogens (tertiary/aromatic N) is 1. The normalized spacial score (nSPS) is 11.3. The van der Waals surface area contributed by atoms with Crippen LogP contribution in [0.15, 0.2) is 41.5 Å². The highest BCUT2D eigenvalue weighted by molar-refractivity contribution is 7.12. The Morgan fingerprint density at radius 3 is 2.90 bits per heavy atom. The maximum atomic E-state index is 12.9. The number of aromatic nitrogens is 1. The molecule has 0 aliphatic rings. The molecule has 0 unspecified atom stereocenters. The first-order valence-electron chi connectivity index (χ1n) is 6.31. The number of hydrazone groups is 1. The standard InChI is InChI=1S/C15H12FN3OS/c1-9-11(10-4-2-3-5-12(10)18-9)8-17-19-15(20)13-6-7-14(16)21-13/h2-8,18H,1H3,(H,19,20)/b17-8+. The average molecular weight is 301 g/mol. The highest BCUT2D eigenvalue weighted by Gasteiger charge is 2.08. The fourth-order valence-electron chi connectivity index (χ4n) is 2.11. The molecule has 0 aliphatic heterocycles. The molecule has 1 aromatic carbocycles. The summed E-state index contributed by atoms with van der Waals surface area (Å²) >= 11 is 0.791. The van der Waals surface area contributed by atoms with Crippen molar-refractivity contribution in [2.45, 2.75) is 6.92 Å². The molecule has 3 aromatic rings. The lowest BCUT2D eigenvalue weighted by atomic mass is 10.1. The number of carbonyl (C=O) groups is 1. The SMILES string of the molecule is Cc1[nH]c2ccccc2c1/C=N/NC(=O)c1ccc(F)s1. The van der Waals surface area contributed by atoms with E-state index in [2.05, 4.69) is 15.5 Å². The van der Waals surface area contributed by atoms with Gasteiger partial charge in [0.15, 0.2) is 5.13 Å². The number of aryl methyl sites for hydroxylation is 1. The van der Waals surface area contributed by atoms with Crippen molar-refractivity contribution >= 4 is 34.4 Å². The van der Waals surface area contributed by atoms with E-state index in [0.29, 0.717) is 4.88 Å². The zero-order valence-electron chi connectivity index (χ0n) is 11.2. The number of rotatable bonds is 3. The summed E-state index contributed by atoms with van der Waals surface area (Å²) in [5, 5.41) is 4.60. The van der Waals surface area contributed by atoms with E-state index in [4.69, 9.17) is 0 Å². The minimum Gasteiger partial charge on any atom is -0.358 e. The molecule has 106 valence electrons. The number of amides is 1. The molecular weight excluding hydrogens is 289 g/mol. The predicted molar refractivity (Wildman–Crippen MR) is 82.4 cm³/mol. The van der Waals surface area contributed by atoms with Crippen LogP contribution in [0.25, 0.3) is 10.9 Å². The molecule has 0 bridgehead atoms. The smallest absolute Gasteiger partial charge is 0.281 e. The van der Waals surface area contributed by atoms with Crippen molar-refractivity contribution in [1.82, 2.24) is 10.4 Å². The van der Waals surface area contributed by atoms with Gasteiger partial charge in [0.25, 0.3) is 5.91 Å². The highest BCUT2D eigenvalue weighted by atomic mass is 32.1. The van der Waals surface area contributed by atoms with Crippen molar-refractivity contribution < 1.29 is 9.18 Å². The number of aromatic amines is 1. The Balaban J connectivity index is 1.79. The van der Waals surface area contributed by atoms with Crippen LogP contribution in [-0.4, -0.2) is 17.1 Å². The van der Waals surface area contributed by atoms with E-state index in [1.54, 1.807) is 6.21 Å². The second-order valence-corrected chi connectivity index (χ2v) is 5.55. The Bertz CT molecular complexity index is 834. The first-order chi connectivity index (χ1) is 10.1. The summed E-state index contributed by atoms with van der Waals surface area (Å²) in [5.41, 5.74) is 5.31. The predicted octanol–water partition coefficient (Wildman–Crippen LogP) is 3.44. The van der Waals surface area contributed by atoms with Crippen molar-refractivity contribution in [1.29, 1.82) is 0 Å². The summed E-state index contributed by atoms with van der Waals surface area (Å²) in [7, 11) is 0. The van der Waals surface area contributed by atoms with Crippen LogP contribution in [0.2, 0.25) is 0 Å². The van der Waals surface area contributed by atoms with E-state index in [9.17, 15) is 9.18 Å². The molecule has 2 N–H and O–H groups in total. The van der Waals surface area contributed by atoms with E-state index in [1.165, 1.54) is 12.1 Å². The third kappa shape index (κ3) is 2.71. The van der Waals surface area contributed by atoms with Gasteiger partial charge in [0.1, 0.15) is 0 Å². The fourth-order valence-corrected chi connectivity index (χ4v) is 2.73. The van der Waals surface area contributed by atoms with E-state index in [0.717, 1.165) is 33.5 Å². The number of hydrogen-bond donors (Lipinski definition) is 2. The molecule has 4 nitrogen and oxygen atoms in total. The minimum atomic E-state index is -0.419. The molecule has 1 amide bonds. The number of hydrogen-bond acceptors (Lipinski definition) is 3. The molecule has 0 radical (unpaired) electrons. The largest absolute Gasteiger partial charge is 0.358 e. The Labute approximate surface area is 124 Å². The Morgan fingerprint density at radius 1 is 1.33 bits per heavy atom. The minimum absolute atomic E-state index is 0.292. The zero-order valence-corrected chi connectivity index (χ0v) is 12.0. The van der Waals surface area contributed by atoms with E-state index >= 15 is 0 Å². The molecule has 0 aliphatic carbocycles. The molecule has 2 aromatic heterocycles. The molecule has 0 spiro atoms. The Kier molecular flexibility index (Phi) is 3.53. The molecule has 0 saturated carbocycles. The van der Waals surface area contributed by atoms with Crippen LogP contribution in [-0.2, 0) is 0 Å². The van der Waals surface area contributed by atoms with Gasteiger partial charge in [-0.1, -0.05) is 18.2 Å². The number of para-hydroxylation sites is 1. The van der Waals surface area contributed by atoms with Gasteiger partial charge in [-0.05, 0) is 25.1 Å². The Morgan fingerprint density at radius 2 is 2.14 bits per heavy atom. The van der Waals surface area contributed by atoms with Gasteiger partial charge >= 0.3 is 0 Å². The van der Waals surface area contributed by atoms with Crippen LogP contribution in [0.1, 0.15) is 20.9 Å². The first-order valence-corrected chi connectivity index (χ1v) is 7.13. The van der Waals surface area contributed by atoms with E-state index < -0.39 is 11.0 Å². The van der Waals surface area contributed by atoms with Crippen LogP contribution >= 0.6 is 11.3 Å². The number of H-pyrrole nitrogens is 1. The lowest BCUT2D eigenvalue weighted by Gasteiger charge is -1.96. The highest BCUT2D eigenvalue weighted by Crippen LogP contribution is 2.20. The van der Waals surface area contributed by atoms with Crippen molar-refractivity contribution in [3.05, 3.63) is 57.7 Å². The molecular formula is C15H12FN3OS. The molecule has 6 heteroatoms. The average Bonchev–Trinajstić information content (AvgIpc) is 3.03. The molecule has 0 saturated heterocycles. The maximum Gasteiger partial charge on any atom is 0.281 e. The van der Waals surface area contributed by atoms with Crippen LogP contribution in [0.3, 0.4) is 0 Å². The van der Waals surface area contributed by atoms with Gasteiger partial charge in [0.05, 0.1) is 11.1 Å². The molecule has 0 fully saturated rings. The van der Waals surface area contributed by atoms with E-state index in [1.807, 2.05) is 31.2 Å². The van der Waals surface area contributed by atoms with Crippen LogP contribution in [0, 0.1) is 12.1 Å². The van der Waals surface area contributed by atoms with Crippen LogP contribution in [0.4, 0.5) is 4.39 Å². The van der Waals surface area contributed by atoms with Crippen molar-refractivity contribution in [3.63, 3.8) is 0 Å². The van der Waals surface area contributed by atoms with Gasteiger partial charge < -0.3 is 4.98 Å². The summed E-state index contributed by atoms with van der Waals surface area (Å²) < 4.78 is 12.9. The van der Waals surface area contributed by atoms with Gasteiger partial charge in [-0.25, -0.2) is 5.43 Å². The number of halogens is 1. The zero-order chi connectivity index (χ0) is 14.8. The van der Waals surface area contributed by atoms with Gasteiger partial charge in [-0.15, -0.1) is 11.3 Å². The second kappa shape index (κ2) is 5.49. The number of thiophene rings is 1. The summed E-state index contributed by atoms with van der Waals surface area (Å²) in [6.07, 6.45) is 1.59. The number of nitrogens with one attached hydrogen (secondary N) is 2. The van der Waals surface area contributed by atoms with Gasteiger partial charge in [0.2, 0.25) is 0 Å². The van der Waals surface area contributed by atoms with Crippen molar-refractivity contribution in [3.8, 4) is 0 Å². The molecule has 21 heavy (non-hydrogen) atoms. The summed E-state index contributed by atoms with van der Waals surface area (Å²) in [4.78, 5) is 15.3. The summed E-state index contributed by atoms with van der Waals surface area (Å²) in [6.45, 7) is 1.94. The lowest BCUT2D eigenvalue weighted by Crippen LogP contribution is -2.16. The summed E-state index contributed by atoms with van der Waals surface area (Å²) in [6, 6.07) is 10.5. The van der Waals surface area contributed by atoms with Gasteiger partial charge in [-0.3, -0.25) is 4.79 Å². The monoisotopic (exact) mass is 301 g/mol. The number of carbonyl (C=O) groups excluding carboxylic acids is 1. The fraction of sp³-hybridized carbons (Fsp3) is 0.0667. The van der Waals surface area contributed by atoms with Gasteiger partial charge in [0, 0.05) is 22.2 Å².